The number of hydrogen-bond donors (Lipinski definition) is 2. The Hall–Kier alpha value is -2.69. The first-order chi connectivity index (χ1) is 11.9. The molecule has 0 bridgehead atoms. The summed E-state index contributed by atoms with van der Waals surface area (Å²) >= 11 is 0. The SMILES string of the molecule is COc1cccc2c1[C@H]1Nc3ccc(C(=O)O)cc3C(C)(C)[C@H]1CO2. The molecule has 2 atom stereocenters. The lowest BCUT2D eigenvalue weighted by atomic mass is 9.65. The van der Waals surface area contributed by atoms with E-state index in [-0.39, 0.29) is 17.4 Å². The first-order valence-corrected chi connectivity index (χ1v) is 8.37. The molecule has 2 aromatic carbocycles. The summed E-state index contributed by atoms with van der Waals surface area (Å²) in [5.41, 5.74) is 3.07. The smallest absolute Gasteiger partial charge is 0.335 e. The molecule has 0 aromatic heterocycles. The second-order valence-corrected chi connectivity index (χ2v) is 7.20. The number of benzene rings is 2. The average molecular weight is 339 g/mol. The van der Waals surface area contributed by atoms with E-state index in [1.165, 1.54) is 0 Å². The number of hydrogen-bond acceptors (Lipinski definition) is 4. The number of anilines is 1. The first-order valence-electron chi connectivity index (χ1n) is 8.37. The van der Waals surface area contributed by atoms with Gasteiger partial charge in [-0.2, -0.15) is 0 Å². The fourth-order valence-electron chi connectivity index (χ4n) is 4.11. The van der Waals surface area contributed by atoms with Crippen molar-refractivity contribution in [1.82, 2.24) is 0 Å². The summed E-state index contributed by atoms with van der Waals surface area (Å²) in [7, 11) is 1.67. The zero-order valence-electron chi connectivity index (χ0n) is 14.5. The lowest BCUT2D eigenvalue weighted by Crippen LogP contribution is -2.46. The van der Waals surface area contributed by atoms with E-state index >= 15 is 0 Å². The van der Waals surface area contributed by atoms with Crippen molar-refractivity contribution in [3.63, 3.8) is 0 Å². The van der Waals surface area contributed by atoms with Gasteiger partial charge in [-0.15, -0.1) is 0 Å². The van der Waals surface area contributed by atoms with Gasteiger partial charge in [-0.1, -0.05) is 19.9 Å². The van der Waals surface area contributed by atoms with Crippen LogP contribution in [0.1, 0.15) is 41.4 Å². The summed E-state index contributed by atoms with van der Waals surface area (Å²) in [5, 5.41) is 12.9. The molecule has 0 saturated carbocycles. The molecule has 0 amide bonds. The van der Waals surface area contributed by atoms with Crippen LogP contribution in [-0.2, 0) is 5.41 Å². The van der Waals surface area contributed by atoms with E-state index in [1.807, 2.05) is 24.3 Å². The third-order valence-electron chi connectivity index (χ3n) is 5.58. The van der Waals surface area contributed by atoms with Crippen LogP contribution in [0.2, 0.25) is 0 Å². The van der Waals surface area contributed by atoms with Crippen LogP contribution in [0.5, 0.6) is 11.5 Å². The van der Waals surface area contributed by atoms with Gasteiger partial charge < -0.3 is 19.9 Å². The molecule has 4 rings (SSSR count). The van der Waals surface area contributed by atoms with Crippen molar-refractivity contribution in [3.8, 4) is 11.5 Å². The molecule has 0 saturated heterocycles. The molecule has 0 radical (unpaired) electrons. The van der Waals surface area contributed by atoms with Crippen molar-refractivity contribution in [2.24, 2.45) is 5.92 Å². The Kier molecular flexibility index (Phi) is 3.42. The maximum absolute atomic E-state index is 11.4. The minimum atomic E-state index is -0.910. The maximum atomic E-state index is 11.4. The third kappa shape index (κ3) is 2.26. The van der Waals surface area contributed by atoms with E-state index in [0.717, 1.165) is 28.3 Å². The zero-order valence-corrected chi connectivity index (χ0v) is 14.5. The van der Waals surface area contributed by atoms with Crippen molar-refractivity contribution >= 4 is 11.7 Å². The van der Waals surface area contributed by atoms with Gasteiger partial charge >= 0.3 is 5.97 Å². The summed E-state index contributed by atoms with van der Waals surface area (Å²) in [6.45, 7) is 4.88. The molecule has 0 fully saturated rings. The number of fused-ring (bicyclic) bond motifs is 4. The Balaban J connectivity index is 1.87. The van der Waals surface area contributed by atoms with Gasteiger partial charge in [-0.05, 0) is 35.9 Å². The van der Waals surface area contributed by atoms with Crippen LogP contribution in [0.3, 0.4) is 0 Å². The molecular formula is C20H21NO4. The zero-order chi connectivity index (χ0) is 17.8. The Morgan fingerprint density at radius 1 is 1.32 bits per heavy atom. The van der Waals surface area contributed by atoms with E-state index in [0.29, 0.717) is 12.2 Å². The van der Waals surface area contributed by atoms with Gasteiger partial charge in [0.15, 0.2) is 0 Å². The van der Waals surface area contributed by atoms with Crippen LogP contribution in [0.15, 0.2) is 36.4 Å². The molecule has 130 valence electrons. The lowest BCUT2D eigenvalue weighted by Gasteiger charge is -2.48. The topological polar surface area (TPSA) is 67.8 Å². The molecule has 0 aliphatic carbocycles. The van der Waals surface area contributed by atoms with E-state index < -0.39 is 5.97 Å². The standard InChI is InChI=1S/C20H21NO4/c1-20(2)12-9-11(19(22)23)7-8-14(12)21-18-13(20)10-25-16-6-4-5-15(24-3)17(16)18/h4-9,13,18,21H,10H2,1-3H3,(H,22,23)/t13-,18-/m0/s1. The largest absolute Gasteiger partial charge is 0.496 e. The number of carbonyl (C=O) groups is 1. The van der Waals surface area contributed by atoms with Crippen LogP contribution in [0.4, 0.5) is 5.69 Å². The second kappa shape index (κ2) is 5.41. The van der Waals surface area contributed by atoms with Crippen molar-refractivity contribution in [2.75, 3.05) is 19.0 Å². The fourth-order valence-corrected chi connectivity index (χ4v) is 4.11. The lowest BCUT2D eigenvalue weighted by molar-refractivity contribution is 0.0696. The van der Waals surface area contributed by atoms with E-state index in [1.54, 1.807) is 19.2 Å². The molecular weight excluding hydrogens is 318 g/mol. The van der Waals surface area contributed by atoms with Gasteiger partial charge in [0, 0.05) is 17.0 Å². The fraction of sp³-hybridized carbons (Fsp3) is 0.350. The Morgan fingerprint density at radius 3 is 2.84 bits per heavy atom. The maximum Gasteiger partial charge on any atom is 0.335 e. The predicted octanol–water partition coefficient (Wildman–Crippen LogP) is 3.85. The molecule has 2 aliphatic rings. The third-order valence-corrected chi connectivity index (χ3v) is 5.58. The number of rotatable bonds is 2. The summed E-state index contributed by atoms with van der Waals surface area (Å²) in [6.07, 6.45) is 0. The van der Waals surface area contributed by atoms with Gasteiger partial charge in [-0.3, -0.25) is 0 Å². The summed E-state index contributed by atoms with van der Waals surface area (Å²) in [4.78, 5) is 11.4. The molecule has 2 aliphatic heterocycles. The van der Waals surface area contributed by atoms with Gasteiger partial charge in [0.2, 0.25) is 0 Å². The molecule has 5 heteroatoms. The minimum absolute atomic E-state index is 0.0538. The normalized spacial score (nSPS) is 22.5. The summed E-state index contributed by atoms with van der Waals surface area (Å²) in [6, 6.07) is 11.2. The van der Waals surface area contributed by atoms with Gasteiger partial charge in [0.05, 0.1) is 30.9 Å². The van der Waals surface area contributed by atoms with E-state index in [4.69, 9.17) is 9.47 Å². The molecule has 0 spiro atoms. The van der Waals surface area contributed by atoms with Gasteiger partial charge in [-0.25, -0.2) is 4.79 Å². The second-order valence-electron chi connectivity index (χ2n) is 7.20. The minimum Gasteiger partial charge on any atom is -0.496 e. The number of aromatic carboxylic acids is 1. The monoisotopic (exact) mass is 339 g/mol. The highest BCUT2D eigenvalue weighted by Gasteiger charge is 2.47. The average Bonchev–Trinajstić information content (AvgIpc) is 2.60. The van der Waals surface area contributed by atoms with Crippen LogP contribution in [-0.4, -0.2) is 24.8 Å². The van der Waals surface area contributed by atoms with Gasteiger partial charge in [0.25, 0.3) is 0 Å². The van der Waals surface area contributed by atoms with Crippen molar-refractivity contribution in [2.45, 2.75) is 25.3 Å². The van der Waals surface area contributed by atoms with Crippen LogP contribution >= 0.6 is 0 Å². The quantitative estimate of drug-likeness (QED) is 0.870. The predicted molar refractivity (Wildman–Crippen MR) is 94.8 cm³/mol. The van der Waals surface area contributed by atoms with E-state index in [2.05, 4.69) is 19.2 Å². The number of ether oxygens (including phenoxy) is 2. The molecule has 25 heavy (non-hydrogen) atoms. The Morgan fingerprint density at radius 2 is 2.12 bits per heavy atom. The number of carboxylic acid groups (broad SMARTS) is 1. The Bertz CT molecular complexity index is 845. The summed E-state index contributed by atoms with van der Waals surface area (Å²) < 4.78 is 11.6. The van der Waals surface area contributed by atoms with Crippen molar-refractivity contribution in [3.05, 3.63) is 53.1 Å². The molecule has 2 heterocycles. The highest BCUT2D eigenvalue weighted by molar-refractivity contribution is 5.89. The number of nitrogens with one attached hydrogen (secondary N) is 1. The number of carboxylic acids is 1. The summed E-state index contributed by atoms with van der Waals surface area (Å²) in [5.74, 6) is 0.899. The molecule has 2 N–H and O–H groups in total. The van der Waals surface area contributed by atoms with E-state index in [9.17, 15) is 9.90 Å². The van der Waals surface area contributed by atoms with Crippen LogP contribution < -0.4 is 14.8 Å². The molecule has 2 aromatic rings. The highest BCUT2D eigenvalue weighted by atomic mass is 16.5. The van der Waals surface area contributed by atoms with Crippen molar-refractivity contribution < 1.29 is 19.4 Å². The van der Waals surface area contributed by atoms with Crippen molar-refractivity contribution in [1.29, 1.82) is 0 Å². The van der Waals surface area contributed by atoms with Crippen LogP contribution in [0.25, 0.3) is 0 Å². The molecule has 5 nitrogen and oxygen atoms in total. The van der Waals surface area contributed by atoms with Crippen LogP contribution in [0, 0.1) is 5.92 Å². The van der Waals surface area contributed by atoms with Gasteiger partial charge in [0.1, 0.15) is 11.5 Å². The Labute approximate surface area is 146 Å². The number of methoxy groups -OCH3 is 1. The first kappa shape index (κ1) is 15.8. The highest BCUT2D eigenvalue weighted by Crippen LogP contribution is 2.54. The molecule has 0 unspecified atom stereocenters.